The summed E-state index contributed by atoms with van der Waals surface area (Å²) in [5.74, 6) is 0.0125. The first-order valence-electron chi connectivity index (χ1n) is 7.92. The molecule has 7 nitrogen and oxygen atoms in total. The van der Waals surface area contributed by atoms with Gasteiger partial charge in [0.1, 0.15) is 19.8 Å². The lowest BCUT2D eigenvalue weighted by Crippen LogP contribution is -2.27. The average molecular weight is 340 g/mol. The molecule has 7 heteroatoms. The third kappa shape index (κ3) is 2.73. The van der Waals surface area contributed by atoms with Gasteiger partial charge in [-0.3, -0.25) is 13.9 Å². The number of benzene rings is 2. The van der Waals surface area contributed by atoms with Crippen LogP contribution in [0.15, 0.2) is 47.3 Å². The molecule has 0 radical (unpaired) electrons. The summed E-state index contributed by atoms with van der Waals surface area (Å²) in [4.78, 5) is 24.0. The second-order valence-corrected chi connectivity index (χ2v) is 5.82. The number of nitrogens with zero attached hydrogens (tertiary/aromatic N) is 2. The number of fused-ring (bicyclic) bond motifs is 2. The molecule has 1 aliphatic rings. The minimum atomic E-state index is -1.07. The van der Waals surface area contributed by atoms with Crippen LogP contribution in [-0.2, 0) is 17.9 Å². The first kappa shape index (κ1) is 15.3. The van der Waals surface area contributed by atoms with E-state index < -0.39 is 12.5 Å². The van der Waals surface area contributed by atoms with E-state index in [2.05, 4.69) is 0 Å². The average Bonchev–Trinajstić information content (AvgIpc) is 2.86. The molecule has 0 unspecified atom stereocenters. The predicted molar refractivity (Wildman–Crippen MR) is 90.4 cm³/mol. The Labute approximate surface area is 142 Å². The van der Waals surface area contributed by atoms with E-state index >= 15 is 0 Å². The molecule has 25 heavy (non-hydrogen) atoms. The number of carboxylic acid groups (broad SMARTS) is 1. The summed E-state index contributed by atoms with van der Waals surface area (Å²) >= 11 is 0. The van der Waals surface area contributed by atoms with Crippen LogP contribution < -0.4 is 15.2 Å². The summed E-state index contributed by atoms with van der Waals surface area (Å²) in [6.45, 7) is 0.808. The van der Waals surface area contributed by atoms with E-state index in [1.807, 2.05) is 30.3 Å². The Morgan fingerprint density at radius 2 is 1.60 bits per heavy atom. The quantitative estimate of drug-likeness (QED) is 0.782. The van der Waals surface area contributed by atoms with Crippen molar-refractivity contribution in [1.82, 2.24) is 9.13 Å². The maximum absolute atomic E-state index is 12.8. The van der Waals surface area contributed by atoms with Gasteiger partial charge in [0, 0.05) is 12.1 Å². The van der Waals surface area contributed by atoms with Crippen molar-refractivity contribution in [2.24, 2.45) is 0 Å². The molecule has 128 valence electrons. The summed E-state index contributed by atoms with van der Waals surface area (Å²) in [6, 6.07) is 13.0. The van der Waals surface area contributed by atoms with Gasteiger partial charge in [-0.2, -0.15) is 0 Å². The molecule has 0 saturated heterocycles. The molecular formula is C18H16N2O5. The number of aromatic nitrogens is 2. The molecule has 3 aromatic rings. The first-order chi connectivity index (χ1) is 12.1. The fourth-order valence-corrected chi connectivity index (χ4v) is 3.06. The van der Waals surface area contributed by atoms with Gasteiger partial charge in [-0.15, -0.1) is 0 Å². The molecule has 0 spiro atoms. The number of ether oxygens (including phenoxy) is 2. The second kappa shape index (κ2) is 6.01. The molecule has 0 atom stereocenters. The van der Waals surface area contributed by atoms with Gasteiger partial charge in [-0.05, 0) is 5.56 Å². The minimum absolute atomic E-state index is 0.350. The lowest BCUT2D eigenvalue weighted by Gasteiger charge is -2.18. The van der Waals surface area contributed by atoms with Crippen LogP contribution in [0.3, 0.4) is 0 Å². The molecule has 1 N–H and O–H groups in total. The predicted octanol–water partition coefficient (Wildman–Crippen LogP) is 1.71. The van der Waals surface area contributed by atoms with Gasteiger partial charge in [0.25, 0.3) is 0 Å². The molecule has 0 bridgehead atoms. The third-order valence-corrected chi connectivity index (χ3v) is 4.16. The van der Waals surface area contributed by atoms with Gasteiger partial charge in [0.05, 0.1) is 17.6 Å². The summed E-state index contributed by atoms with van der Waals surface area (Å²) in [5, 5.41) is 9.16. The number of rotatable bonds is 4. The van der Waals surface area contributed by atoms with E-state index in [0.717, 1.165) is 5.56 Å². The van der Waals surface area contributed by atoms with Crippen molar-refractivity contribution in [2.45, 2.75) is 13.1 Å². The normalized spacial score (nSPS) is 13.1. The van der Waals surface area contributed by atoms with Crippen molar-refractivity contribution in [3.05, 3.63) is 58.5 Å². The Morgan fingerprint density at radius 3 is 2.20 bits per heavy atom. The van der Waals surface area contributed by atoms with Crippen molar-refractivity contribution >= 4 is 17.0 Å². The SMILES string of the molecule is O=C(O)Cn1c(=O)n(Cc2ccccc2)c2cc3c(cc21)OCCO3. The van der Waals surface area contributed by atoms with E-state index in [0.29, 0.717) is 42.3 Å². The molecule has 0 amide bonds. The van der Waals surface area contributed by atoms with Gasteiger partial charge in [-0.25, -0.2) is 4.79 Å². The Hall–Kier alpha value is -3.22. The molecule has 1 aliphatic heterocycles. The van der Waals surface area contributed by atoms with Crippen molar-refractivity contribution in [3.63, 3.8) is 0 Å². The number of hydrogen-bond acceptors (Lipinski definition) is 4. The molecule has 4 rings (SSSR count). The number of carboxylic acids is 1. The van der Waals surface area contributed by atoms with E-state index in [9.17, 15) is 9.59 Å². The van der Waals surface area contributed by atoms with Crippen LogP contribution in [0, 0.1) is 0 Å². The smallest absolute Gasteiger partial charge is 0.329 e. The van der Waals surface area contributed by atoms with Crippen LogP contribution >= 0.6 is 0 Å². The Balaban J connectivity index is 1.92. The van der Waals surface area contributed by atoms with Crippen molar-refractivity contribution < 1.29 is 19.4 Å². The largest absolute Gasteiger partial charge is 0.486 e. The molecule has 0 fully saturated rings. The van der Waals surface area contributed by atoms with Crippen LogP contribution in [0.2, 0.25) is 0 Å². The van der Waals surface area contributed by atoms with Crippen LogP contribution in [0.5, 0.6) is 11.5 Å². The standard InChI is InChI=1S/C18H16N2O5/c21-17(22)11-20-14-9-16-15(24-6-7-25-16)8-13(14)19(18(20)23)10-12-4-2-1-3-5-12/h1-5,8-9H,6-7,10-11H2,(H,21,22). The topological polar surface area (TPSA) is 82.7 Å². The number of carbonyl (C=O) groups is 1. The Bertz CT molecular complexity index is 1000. The van der Waals surface area contributed by atoms with E-state index in [1.165, 1.54) is 4.57 Å². The fourth-order valence-electron chi connectivity index (χ4n) is 3.06. The molecular weight excluding hydrogens is 324 g/mol. The zero-order valence-corrected chi connectivity index (χ0v) is 13.3. The number of hydrogen-bond donors (Lipinski definition) is 1. The fraction of sp³-hybridized carbons (Fsp3) is 0.222. The van der Waals surface area contributed by atoms with Gasteiger partial charge < -0.3 is 14.6 Å². The zero-order chi connectivity index (χ0) is 17.4. The van der Waals surface area contributed by atoms with Crippen LogP contribution in [0.1, 0.15) is 5.56 Å². The molecule has 2 heterocycles. The highest BCUT2D eigenvalue weighted by Gasteiger charge is 2.21. The van der Waals surface area contributed by atoms with Gasteiger partial charge in [0.15, 0.2) is 11.5 Å². The highest BCUT2D eigenvalue weighted by Crippen LogP contribution is 2.34. The highest BCUT2D eigenvalue weighted by atomic mass is 16.6. The maximum atomic E-state index is 12.8. The van der Waals surface area contributed by atoms with Crippen LogP contribution in [0.4, 0.5) is 0 Å². The maximum Gasteiger partial charge on any atom is 0.329 e. The lowest BCUT2D eigenvalue weighted by atomic mass is 10.2. The van der Waals surface area contributed by atoms with Crippen molar-refractivity contribution in [3.8, 4) is 11.5 Å². The lowest BCUT2D eigenvalue weighted by molar-refractivity contribution is -0.137. The summed E-state index contributed by atoms with van der Waals surface area (Å²) in [5.41, 5.74) is 1.73. The highest BCUT2D eigenvalue weighted by molar-refractivity contribution is 5.82. The van der Waals surface area contributed by atoms with Crippen LogP contribution in [0.25, 0.3) is 11.0 Å². The third-order valence-electron chi connectivity index (χ3n) is 4.16. The van der Waals surface area contributed by atoms with Gasteiger partial charge in [-0.1, -0.05) is 30.3 Å². The van der Waals surface area contributed by atoms with E-state index in [1.54, 1.807) is 16.7 Å². The summed E-state index contributed by atoms with van der Waals surface area (Å²) < 4.78 is 14.0. The Kier molecular flexibility index (Phi) is 3.68. The van der Waals surface area contributed by atoms with E-state index in [4.69, 9.17) is 14.6 Å². The first-order valence-corrected chi connectivity index (χ1v) is 7.92. The number of imidazole rings is 1. The van der Waals surface area contributed by atoms with Gasteiger partial charge in [0.2, 0.25) is 0 Å². The minimum Gasteiger partial charge on any atom is -0.486 e. The Morgan fingerprint density at radius 1 is 1.00 bits per heavy atom. The summed E-state index contributed by atoms with van der Waals surface area (Å²) in [7, 11) is 0. The molecule has 1 aromatic heterocycles. The molecule has 0 saturated carbocycles. The second-order valence-electron chi connectivity index (χ2n) is 5.82. The van der Waals surface area contributed by atoms with Gasteiger partial charge >= 0.3 is 11.7 Å². The van der Waals surface area contributed by atoms with Crippen molar-refractivity contribution in [2.75, 3.05) is 13.2 Å². The molecule has 0 aliphatic carbocycles. The van der Waals surface area contributed by atoms with Crippen molar-refractivity contribution in [1.29, 1.82) is 0 Å². The summed E-state index contributed by atoms with van der Waals surface area (Å²) in [6.07, 6.45) is 0. The number of aliphatic carboxylic acids is 1. The monoisotopic (exact) mass is 340 g/mol. The zero-order valence-electron chi connectivity index (χ0n) is 13.3. The molecule has 2 aromatic carbocycles. The van der Waals surface area contributed by atoms with E-state index in [-0.39, 0.29) is 5.69 Å². The van der Waals surface area contributed by atoms with Crippen LogP contribution in [-0.4, -0.2) is 33.4 Å².